The van der Waals surface area contributed by atoms with Gasteiger partial charge in [-0.2, -0.15) is 0 Å². The summed E-state index contributed by atoms with van der Waals surface area (Å²) in [6, 6.07) is 0. The monoisotopic (exact) mass is 180 g/mol. The molecule has 0 spiro atoms. The van der Waals surface area contributed by atoms with Crippen LogP contribution in [0.4, 0.5) is 0 Å². The number of hydrogen-bond acceptors (Lipinski definition) is 5. The highest BCUT2D eigenvalue weighted by atomic mass is 32.2. The van der Waals surface area contributed by atoms with Gasteiger partial charge in [-0.1, -0.05) is 0 Å². The van der Waals surface area contributed by atoms with E-state index in [1.165, 1.54) is 18.9 Å². The zero-order valence-electron chi connectivity index (χ0n) is 6.17. The number of methoxy groups -OCH3 is 1. The van der Waals surface area contributed by atoms with Crippen molar-refractivity contribution in [1.29, 1.82) is 0 Å². The molecule has 5 heteroatoms. The van der Waals surface area contributed by atoms with E-state index in [2.05, 4.69) is 0 Å². The lowest BCUT2D eigenvalue weighted by Gasteiger charge is -2.33. The van der Waals surface area contributed by atoms with Gasteiger partial charge in [-0.3, -0.25) is 0 Å². The predicted molar refractivity (Wildman–Crippen MR) is 41.3 cm³/mol. The fraction of sp³-hybridized carbons (Fsp3) is 1.00. The molecule has 0 saturated carbocycles. The fourth-order valence-electron chi connectivity index (χ4n) is 0.987. The van der Waals surface area contributed by atoms with Crippen molar-refractivity contribution in [3.8, 4) is 0 Å². The summed E-state index contributed by atoms with van der Waals surface area (Å²) >= 11 is 1.30. The lowest BCUT2D eigenvalue weighted by Crippen LogP contribution is -2.49. The third kappa shape index (κ3) is 1.86. The van der Waals surface area contributed by atoms with Crippen molar-refractivity contribution in [2.45, 2.75) is 23.7 Å². The predicted octanol–water partition coefficient (Wildman–Crippen LogP) is -1.21. The van der Waals surface area contributed by atoms with Gasteiger partial charge in [0.2, 0.25) is 0 Å². The number of thioether (sulfide) groups is 1. The molecule has 0 bridgehead atoms. The van der Waals surface area contributed by atoms with Crippen molar-refractivity contribution in [1.82, 2.24) is 0 Å². The van der Waals surface area contributed by atoms with Crippen LogP contribution in [0, 0.1) is 0 Å². The first-order chi connectivity index (χ1) is 5.16. The molecule has 4 nitrogen and oxygen atoms in total. The minimum Gasteiger partial charge on any atom is -0.389 e. The molecule has 0 amide bonds. The molecule has 0 aliphatic carbocycles. The molecule has 11 heavy (non-hydrogen) atoms. The van der Waals surface area contributed by atoms with Crippen LogP contribution in [0.3, 0.4) is 0 Å². The Kier molecular flexibility index (Phi) is 3.15. The van der Waals surface area contributed by atoms with Gasteiger partial charge in [-0.25, -0.2) is 0 Å². The second-order valence-corrected chi connectivity index (χ2v) is 3.62. The Labute approximate surface area is 69.2 Å². The van der Waals surface area contributed by atoms with Crippen LogP contribution in [0.15, 0.2) is 0 Å². The van der Waals surface area contributed by atoms with Gasteiger partial charge >= 0.3 is 0 Å². The number of aliphatic hydroxyl groups excluding tert-OH is 3. The molecule has 0 aromatic rings. The number of hydrogen-bond donors (Lipinski definition) is 3. The zero-order chi connectivity index (χ0) is 8.43. The molecular weight excluding hydrogens is 168 g/mol. The fourth-order valence-corrected chi connectivity index (χ4v) is 2.06. The topological polar surface area (TPSA) is 69.9 Å². The molecule has 0 aromatic heterocycles. The largest absolute Gasteiger partial charge is 0.389 e. The average Bonchev–Trinajstić information content (AvgIpc) is 2.01. The van der Waals surface area contributed by atoms with Crippen molar-refractivity contribution in [2.24, 2.45) is 0 Å². The van der Waals surface area contributed by atoms with E-state index in [1.807, 2.05) is 0 Å². The highest BCUT2D eigenvalue weighted by molar-refractivity contribution is 7.99. The van der Waals surface area contributed by atoms with Crippen LogP contribution in [-0.4, -0.2) is 51.9 Å². The summed E-state index contributed by atoms with van der Waals surface area (Å²) in [5.74, 6) is 0.400. The van der Waals surface area contributed by atoms with E-state index in [9.17, 15) is 5.11 Å². The lowest BCUT2D eigenvalue weighted by atomic mass is 10.1. The second-order valence-electron chi connectivity index (χ2n) is 2.49. The highest BCUT2D eigenvalue weighted by Gasteiger charge is 2.36. The van der Waals surface area contributed by atoms with E-state index in [0.717, 1.165) is 0 Å². The normalized spacial score (nSPS) is 45.8. The number of aliphatic hydroxyl groups is 3. The van der Waals surface area contributed by atoms with Crippen LogP contribution in [0.25, 0.3) is 0 Å². The molecule has 1 fully saturated rings. The Balaban J connectivity index is 2.52. The maximum atomic E-state index is 9.25. The summed E-state index contributed by atoms with van der Waals surface area (Å²) in [6.45, 7) is 0. The van der Waals surface area contributed by atoms with Gasteiger partial charge in [0.05, 0.1) is 6.10 Å². The zero-order valence-corrected chi connectivity index (χ0v) is 6.99. The molecule has 1 aliphatic heterocycles. The van der Waals surface area contributed by atoms with E-state index >= 15 is 0 Å². The molecule has 1 aliphatic rings. The SMILES string of the molecule is CO[C@H]1SC[C@@H](O)[C@@H](O)[C@H]1O. The van der Waals surface area contributed by atoms with Gasteiger partial charge in [0.25, 0.3) is 0 Å². The average molecular weight is 180 g/mol. The van der Waals surface area contributed by atoms with Crippen LogP contribution >= 0.6 is 11.8 Å². The second kappa shape index (κ2) is 3.73. The van der Waals surface area contributed by atoms with Crippen molar-refractivity contribution >= 4 is 11.8 Å². The van der Waals surface area contributed by atoms with E-state index in [-0.39, 0.29) is 0 Å². The molecule has 4 atom stereocenters. The summed E-state index contributed by atoms with van der Waals surface area (Å²) in [4.78, 5) is 0. The Morgan fingerprint density at radius 1 is 1.27 bits per heavy atom. The Bertz CT molecular complexity index is 130. The molecule has 0 aromatic carbocycles. The summed E-state index contributed by atoms with van der Waals surface area (Å²) in [5.41, 5.74) is -0.423. The van der Waals surface area contributed by atoms with E-state index < -0.39 is 23.7 Å². The molecule has 1 rings (SSSR count). The molecule has 0 radical (unpaired) electrons. The first kappa shape index (κ1) is 9.28. The van der Waals surface area contributed by atoms with Crippen molar-refractivity contribution in [3.63, 3.8) is 0 Å². The summed E-state index contributed by atoms with van der Waals surface area (Å²) in [7, 11) is 1.46. The van der Waals surface area contributed by atoms with Gasteiger partial charge in [-0.05, 0) is 0 Å². The van der Waals surface area contributed by atoms with Crippen LogP contribution < -0.4 is 0 Å². The standard InChI is InChI=1S/C6H12O4S/c1-10-6-5(9)4(8)3(7)2-11-6/h3-9H,2H2,1H3/t3-,4-,5-,6+/m1/s1. The number of rotatable bonds is 1. The minimum atomic E-state index is -1.08. The Morgan fingerprint density at radius 2 is 1.91 bits per heavy atom. The molecular formula is C6H12O4S. The lowest BCUT2D eigenvalue weighted by molar-refractivity contribution is -0.0911. The molecule has 3 N–H and O–H groups in total. The van der Waals surface area contributed by atoms with E-state index in [0.29, 0.717) is 5.75 Å². The first-order valence-corrected chi connectivity index (χ1v) is 4.40. The van der Waals surface area contributed by atoms with Gasteiger partial charge in [0.15, 0.2) is 0 Å². The smallest absolute Gasteiger partial charge is 0.131 e. The van der Waals surface area contributed by atoms with Crippen molar-refractivity contribution in [2.75, 3.05) is 12.9 Å². The van der Waals surface area contributed by atoms with Gasteiger partial charge in [0.1, 0.15) is 17.6 Å². The number of ether oxygens (including phenoxy) is 1. The maximum Gasteiger partial charge on any atom is 0.131 e. The maximum absolute atomic E-state index is 9.25. The third-order valence-corrected chi connectivity index (χ3v) is 3.02. The quantitative estimate of drug-likeness (QED) is 0.472. The first-order valence-electron chi connectivity index (χ1n) is 3.35. The van der Waals surface area contributed by atoms with Crippen molar-refractivity contribution < 1.29 is 20.1 Å². The molecule has 1 heterocycles. The van der Waals surface area contributed by atoms with Crippen molar-refractivity contribution in [3.05, 3.63) is 0 Å². The Hall–Kier alpha value is 0.190. The molecule has 0 unspecified atom stereocenters. The van der Waals surface area contributed by atoms with E-state index in [1.54, 1.807) is 0 Å². The van der Waals surface area contributed by atoms with Crippen LogP contribution in [0.1, 0.15) is 0 Å². The van der Waals surface area contributed by atoms with Crippen LogP contribution in [0.5, 0.6) is 0 Å². The van der Waals surface area contributed by atoms with E-state index in [4.69, 9.17) is 14.9 Å². The van der Waals surface area contributed by atoms with Gasteiger partial charge in [0, 0.05) is 12.9 Å². The minimum absolute atomic E-state index is 0.400. The summed E-state index contributed by atoms with van der Waals surface area (Å²) < 4.78 is 4.86. The highest BCUT2D eigenvalue weighted by Crippen LogP contribution is 2.26. The third-order valence-electron chi connectivity index (χ3n) is 1.69. The molecule has 1 saturated heterocycles. The summed E-state index contributed by atoms with van der Waals surface area (Å²) in [5, 5.41) is 27.5. The van der Waals surface area contributed by atoms with Gasteiger partial charge in [-0.15, -0.1) is 11.8 Å². The van der Waals surface area contributed by atoms with Crippen LogP contribution in [0.2, 0.25) is 0 Å². The Morgan fingerprint density at radius 3 is 2.45 bits per heavy atom. The summed E-state index contributed by atoms with van der Waals surface area (Å²) in [6.07, 6.45) is -2.92. The molecule has 66 valence electrons. The van der Waals surface area contributed by atoms with Crippen LogP contribution in [-0.2, 0) is 4.74 Å². The van der Waals surface area contributed by atoms with Gasteiger partial charge < -0.3 is 20.1 Å².